The van der Waals surface area contributed by atoms with Gasteiger partial charge in [0.2, 0.25) is 5.91 Å². The van der Waals surface area contributed by atoms with Crippen LogP contribution in [0.1, 0.15) is 39.0 Å². The summed E-state index contributed by atoms with van der Waals surface area (Å²) in [7, 11) is -2.95. The maximum Gasteiger partial charge on any atom is 0.230 e. The molecule has 18 heavy (non-hydrogen) atoms. The molecule has 0 radical (unpaired) electrons. The number of thioether (sulfide) groups is 1. The van der Waals surface area contributed by atoms with E-state index in [4.69, 9.17) is 0 Å². The van der Waals surface area contributed by atoms with Gasteiger partial charge in [0.15, 0.2) is 9.84 Å². The van der Waals surface area contributed by atoms with E-state index in [1.54, 1.807) is 11.8 Å². The molecule has 0 bridgehead atoms. The van der Waals surface area contributed by atoms with E-state index in [2.05, 4.69) is 5.32 Å². The smallest absolute Gasteiger partial charge is 0.230 e. The van der Waals surface area contributed by atoms with E-state index in [9.17, 15) is 13.2 Å². The second kappa shape index (κ2) is 5.41. The lowest BCUT2D eigenvalue weighted by Gasteiger charge is -2.24. The monoisotopic (exact) mass is 291 g/mol. The number of rotatable bonds is 4. The molecule has 0 aromatic carbocycles. The largest absolute Gasteiger partial charge is 0.349 e. The summed E-state index contributed by atoms with van der Waals surface area (Å²) < 4.78 is 22.9. The highest BCUT2D eigenvalue weighted by molar-refractivity contribution is 8.00. The van der Waals surface area contributed by atoms with Crippen molar-refractivity contribution >= 4 is 27.5 Å². The predicted molar refractivity (Wildman–Crippen MR) is 74.5 cm³/mol. The Kier molecular flexibility index (Phi) is 4.26. The molecule has 6 heteroatoms. The lowest BCUT2D eigenvalue weighted by Crippen LogP contribution is -2.47. The molecule has 2 rings (SSSR count). The first-order valence-electron chi connectivity index (χ1n) is 6.52. The van der Waals surface area contributed by atoms with E-state index < -0.39 is 15.4 Å². The van der Waals surface area contributed by atoms with E-state index in [0.717, 1.165) is 0 Å². The molecule has 1 N–H and O–H groups in total. The molecule has 1 aliphatic carbocycles. The van der Waals surface area contributed by atoms with Crippen LogP contribution in [0.2, 0.25) is 0 Å². The number of carbonyl (C=O) groups is 1. The van der Waals surface area contributed by atoms with Gasteiger partial charge in [0.05, 0.1) is 22.8 Å². The average molecular weight is 291 g/mol. The van der Waals surface area contributed by atoms with Crippen LogP contribution < -0.4 is 5.32 Å². The van der Waals surface area contributed by atoms with Crippen LogP contribution in [0, 0.1) is 0 Å². The minimum atomic E-state index is -2.95. The van der Waals surface area contributed by atoms with Gasteiger partial charge in [-0.1, -0.05) is 12.8 Å². The molecule has 0 unspecified atom stereocenters. The molecule has 0 aromatic rings. The summed E-state index contributed by atoms with van der Waals surface area (Å²) in [6.07, 6.45) is 5.51. The summed E-state index contributed by atoms with van der Waals surface area (Å²) in [5.41, 5.74) is -0.549. The highest BCUT2D eigenvalue weighted by atomic mass is 32.2. The van der Waals surface area contributed by atoms with Crippen molar-refractivity contribution in [1.29, 1.82) is 0 Å². The van der Waals surface area contributed by atoms with Crippen molar-refractivity contribution in [3.63, 3.8) is 0 Å². The fourth-order valence-electron chi connectivity index (χ4n) is 2.73. The Morgan fingerprint density at radius 2 is 2.06 bits per heavy atom. The standard InChI is InChI=1S/C12H21NO3S2/c1-12(6-7-18(15,16)9-12)13-11(14)8-17-10-4-2-3-5-10/h10H,2-9H2,1H3,(H,13,14)/t12-/m1/s1. The zero-order chi connectivity index (χ0) is 13.2. The summed E-state index contributed by atoms with van der Waals surface area (Å²) in [5.74, 6) is 0.714. The Hall–Kier alpha value is -0.230. The van der Waals surface area contributed by atoms with Gasteiger partial charge in [0.25, 0.3) is 0 Å². The lowest BCUT2D eigenvalue weighted by molar-refractivity contribution is -0.120. The van der Waals surface area contributed by atoms with E-state index >= 15 is 0 Å². The number of amides is 1. The van der Waals surface area contributed by atoms with Crippen molar-refractivity contribution in [2.45, 2.75) is 49.8 Å². The first-order valence-corrected chi connectivity index (χ1v) is 9.39. The first-order chi connectivity index (χ1) is 8.39. The van der Waals surface area contributed by atoms with Crippen molar-refractivity contribution in [3.8, 4) is 0 Å². The third-order valence-corrected chi connectivity index (χ3v) is 6.97. The van der Waals surface area contributed by atoms with Crippen LogP contribution in [0.3, 0.4) is 0 Å². The quantitative estimate of drug-likeness (QED) is 0.849. The van der Waals surface area contributed by atoms with Crippen molar-refractivity contribution in [2.24, 2.45) is 0 Å². The maximum absolute atomic E-state index is 11.8. The first kappa shape index (κ1) is 14.2. The Labute approximate surface area is 113 Å². The van der Waals surface area contributed by atoms with Gasteiger partial charge in [-0.05, 0) is 26.2 Å². The zero-order valence-electron chi connectivity index (χ0n) is 10.8. The number of nitrogens with one attached hydrogen (secondary N) is 1. The SMILES string of the molecule is C[C@@]1(NC(=O)CSC2CCCC2)CCS(=O)(=O)C1. The summed E-state index contributed by atoms with van der Waals surface area (Å²) >= 11 is 1.71. The topological polar surface area (TPSA) is 63.2 Å². The molecule has 1 aliphatic heterocycles. The van der Waals surface area contributed by atoms with Crippen LogP contribution >= 0.6 is 11.8 Å². The molecule has 1 saturated carbocycles. The lowest BCUT2D eigenvalue weighted by atomic mass is 10.0. The Morgan fingerprint density at radius 1 is 1.39 bits per heavy atom. The molecule has 2 fully saturated rings. The zero-order valence-corrected chi connectivity index (χ0v) is 12.4. The molecule has 1 saturated heterocycles. The molecule has 2 aliphatic rings. The van der Waals surface area contributed by atoms with Crippen LogP contribution in [-0.2, 0) is 14.6 Å². The van der Waals surface area contributed by atoms with E-state index in [0.29, 0.717) is 17.4 Å². The molecular weight excluding hydrogens is 270 g/mol. The van der Waals surface area contributed by atoms with Crippen LogP contribution in [0.25, 0.3) is 0 Å². The van der Waals surface area contributed by atoms with Crippen LogP contribution in [0.15, 0.2) is 0 Å². The summed E-state index contributed by atoms with van der Waals surface area (Å²) in [6, 6.07) is 0. The van der Waals surface area contributed by atoms with E-state index in [1.165, 1.54) is 25.7 Å². The second-order valence-electron chi connectivity index (χ2n) is 5.67. The van der Waals surface area contributed by atoms with Gasteiger partial charge in [-0.2, -0.15) is 0 Å². The minimum Gasteiger partial charge on any atom is -0.349 e. The number of hydrogen-bond acceptors (Lipinski definition) is 4. The molecule has 104 valence electrons. The Balaban J connectivity index is 1.77. The summed E-state index contributed by atoms with van der Waals surface area (Å²) in [4.78, 5) is 11.8. The molecule has 1 atom stereocenters. The number of hydrogen-bond donors (Lipinski definition) is 1. The molecule has 0 aromatic heterocycles. The predicted octanol–water partition coefficient (Wildman–Crippen LogP) is 1.36. The Morgan fingerprint density at radius 3 is 2.61 bits per heavy atom. The van der Waals surface area contributed by atoms with Crippen LogP contribution in [0.4, 0.5) is 0 Å². The highest BCUT2D eigenvalue weighted by Gasteiger charge is 2.39. The number of carbonyl (C=O) groups excluding carboxylic acids is 1. The fraction of sp³-hybridized carbons (Fsp3) is 0.917. The second-order valence-corrected chi connectivity index (χ2v) is 9.14. The van der Waals surface area contributed by atoms with Gasteiger partial charge in [0, 0.05) is 5.25 Å². The van der Waals surface area contributed by atoms with Crippen molar-refractivity contribution in [1.82, 2.24) is 5.32 Å². The molecule has 0 spiro atoms. The minimum absolute atomic E-state index is 0.0218. The molecule has 4 nitrogen and oxygen atoms in total. The Bertz CT molecular complexity index is 415. The third kappa shape index (κ3) is 3.88. The van der Waals surface area contributed by atoms with E-state index in [-0.39, 0.29) is 17.4 Å². The van der Waals surface area contributed by atoms with Gasteiger partial charge in [-0.15, -0.1) is 11.8 Å². The molecular formula is C12H21NO3S2. The molecule has 1 heterocycles. The highest BCUT2D eigenvalue weighted by Crippen LogP contribution is 2.29. The van der Waals surface area contributed by atoms with Gasteiger partial charge in [0.1, 0.15) is 0 Å². The van der Waals surface area contributed by atoms with E-state index in [1.807, 2.05) is 6.92 Å². The third-order valence-electron chi connectivity index (χ3n) is 3.70. The fourth-order valence-corrected chi connectivity index (χ4v) is 5.95. The molecule has 1 amide bonds. The normalized spacial score (nSPS) is 31.6. The summed E-state index contributed by atoms with van der Waals surface area (Å²) in [5, 5.41) is 3.52. The van der Waals surface area contributed by atoms with Gasteiger partial charge < -0.3 is 5.32 Å². The van der Waals surface area contributed by atoms with Crippen molar-refractivity contribution < 1.29 is 13.2 Å². The van der Waals surface area contributed by atoms with Crippen molar-refractivity contribution in [3.05, 3.63) is 0 Å². The van der Waals surface area contributed by atoms with Gasteiger partial charge in [-0.25, -0.2) is 8.42 Å². The van der Waals surface area contributed by atoms with Crippen LogP contribution in [0.5, 0.6) is 0 Å². The average Bonchev–Trinajstić information content (AvgIpc) is 2.84. The van der Waals surface area contributed by atoms with Crippen LogP contribution in [-0.4, -0.2) is 42.4 Å². The van der Waals surface area contributed by atoms with Crippen molar-refractivity contribution in [2.75, 3.05) is 17.3 Å². The maximum atomic E-state index is 11.8. The van der Waals surface area contributed by atoms with Gasteiger partial charge >= 0.3 is 0 Å². The summed E-state index contributed by atoms with van der Waals surface area (Å²) in [6.45, 7) is 1.83. The van der Waals surface area contributed by atoms with Gasteiger partial charge in [-0.3, -0.25) is 4.79 Å². The number of sulfone groups is 1.